The van der Waals surface area contributed by atoms with Crippen molar-refractivity contribution in [2.75, 3.05) is 25.4 Å². The minimum atomic E-state index is -0.876. The molecule has 1 aliphatic carbocycles. The molecule has 0 radical (unpaired) electrons. The molecular formula is C20H33IN4OS. The van der Waals surface area contributed by atoms with Crippen LogP contribution in [-0.2, 0) is 16.6 Å². The fourth-order valence-corrected chi connectivity index (χ4v) is 4.68. The van der Waals surface area contributed by atoms with Gasteiger partial charge in [0.05, 0.1) is 6.54 Å². The summed E-state index contributed by atoms with van der Waals surface area (Å²) in [6.07, 6.45) is 3.89. The molecule has 0 amide bonds. The van der Waals surface area contributed by atoms with Crippen LogP contribution in [-0.4, -0.2) is 58.6 Å². The van der Waals surface area contributed by atoms with Crippen molar-refractivity contribution in [1.29, 1.82) is 0 Å². The molecule has 0 spiro atoms. The quantitative estimate of drug-likeness (QED) is 0.325. The maximum absolute atomic E-state index is 12.3. The molecule has 27 heavy (non-hydrogen) atoms. The highest BCUT2D eigenvalue weighted by Crippen LogP contribution is 2.33. The Morgan fingerprint density at radius 1 is 1.30 bits per heavy atom. The van der Waals surface area contributed by atoms with Crippen LogP contribution in [0.3, 0.4) is 0 Å². The summed E-state index contributed by atoms with van der Waals surface area (Å²) in [4.78, 5) is 7.29. The number of nitrogens with zero attached hydrogens (tertiary/aromatic N) is 2. The van der Waals surface area contributed by atoms with Crippen LogP contribution in [0, 0.1) is 0 Å². The Bertz CT molecular complexity index is 624. The zero-order valence-electron chi connectivity index (χ0n) is 16.4. The number of likely N-dealkylation sites (tertiary alicyclic amines) is 1. The maximum Gasteiger partial charge on any atom is 0.191 e. The first kappa shape index (κ1) is 22.6. The lowest BCUT2D eigenvalue weighted by molar-refractivity contribution is 0.256. The van der Waals surface area contributed by atoms with Crippen LogP contribution in [0.1, 0.15) is 38.7 Å². The highest BCUT2D eigenvalue weighted by Gasteiger charge is 2.38. The molecule has 5 nitrogen and oxygen atoms in total. The monoisotopic (exact) mass is 504 g/mol. The summed E-state index contributed by atoms with van der Waals surface area (Å²) < 4.78 is 12.3. The predicted octanol–water partition coefficient (Wildman–Crippen LogP) is 2.73. The summed E-state index contributed by atoms with van der Waals surface area (Å²) in [5, 5.41) is 6.91. The topological polar surface area (TPSA) is 56.7 Å². The fraction of sp³-hybridized carbons (Fsp3) is 0.650. The molecule has 2 aliphatic rings. The third kappa shape index (κ3) is 7.34. The largest absolute Gasteiger partial charge is 0.357 e. The Morgan fingerprint density at radius 2 is 2.04 bits per heavy atom. The van der Waals surface area contributed by atoms with E-state index in [4.69, 9.17) is 0 Å². The molecular weight excluding hydrogens is 471 g/mol. The molecule has 1 aromatic carbocycles. The van der Waals surface area contributed by atoms with Crippen molar-refractivity contribution < 1.29 is 4.21 Å². The Labute approximate surface area is 183 Å². The second-order valence-electron chi connectivity index (χ2n) is 7.39. The van der Waals surface area contributed by atoms with Crippen molar-refractivity contribution in [3.8, 4) is 0 Å². The molecule has 1 saturated heterocycles. The van der Waals surface area contributed by atoms with Crippen LogP contribution in [0.4, 0.5) is 0 Å². The van der Waals surface area contributed by atoms with E-state index in [0.29, 0.717) is 30.1 Å². The Balaban J connectivity index is 0.00000261. The number of aliphatic imine (C=N–C) groups is 1. The number of guanidine groups is 1. The summed E-state index contributed by atoms with van der Waals surface area (Å²) in [6, 6.07) is 12.0. The standard InChI is InChI=1S/C20H32N4OS.HI/c1-3-21-20(23-18-13-16(2)24(14-18)19-9-10-19)22-11-12-26(25)15-17-7-5-4-6-8-17;/h4-8,16,18-19H,3,9-15H2,1-2H3,(H2,21,22,23);1H. The van der Waals surface area contributed by atoms with Gasteiger partial charge in [0, 0.05) is 53.5 Å². The summed E-state index contributed by atoms with van der Waals surface area (Å²) in [6.45, 7) is 6.95. The maximum atomic E-state index is 12.3. The Morgan fingerprint density at radius 3 is 2.70 bits per heavy atom. The number of nitrogens with one attached hydrogen (secondary N) is 2. The number of hydrogen-bond donors (Lipinski definition) is 2. The van der Waals surface area contributed by atoms with E-state index in [1.54, 1.807) is 0 Å². The first-order valence-corrected chi connectivity index (χ1v) is 11.3. The van der Waals surface area contributed by atoms with Crippen LogP contribution in [0.5, 0.6) is 0 Å². The zero-order chi connectivity index (χ0) is 18.4. The van der Waals surface area contributed by atoms with Crippen LogP contribution in [0.2, 0.25) is 0 Å². The molecule has 7 heteroatoms. The van der Waals surface area contributed by atoms with Crippen molar-refractivity contribution in [1.82, 2.24) is 15.5 Å². The summed E-state index contributed by atoms with van der Waals surface area (Å²) in [5.74, 6) is 2.07. The van der Waals surface area contributed by atoms with Crippen molar-refractivity contribution in [3.63, 3.8) is 0 Å². The molecule has 2 N–H and O–H groups in total. The van der Waals surface area contributed by atoms with Gasteiger partial charge in [-0.25, -0.2) is 0 Å². The number of benzene rings is 1. The van der Waals surface area contributed by atoms with Gasteiger partial charge in [0.15, 0.2) is 5.96 Å². The Kier molecular flexibility index (Phi) is 9.52. The minimum absolute atomic E-state index is 0. The van der Waals surface area contributed by atoms with Crippen molar-refractivity contribution in [3.05, 3.63) is 35.9 Å². The van der Waals surface area contributed by atoms with Gasteiger partial charge >= 0.3 is 0 Å². The average Bonchev–Trinajstić information content (AvgIpc) is 3.39. The van der Waals surface area contributed by atoms with Crippen molar-refractivity contribution in [2.45, 2.75) is 57.0 Å². The predicted molar refractivity (Wildman–Crippen MR) is 125 cm³/mol. The summed E-state index contributed by atoms with van der Waals surface area (Å²) in [5.41, 5.74) is 1.12. The number of hydrogen-bond acceptors (Lipinski definition) is 3. The normalized spacial score (nSPS) is 24.3. The highest BCUT2D eigenvalue weighted by atomic mass is 127. The summed E-state index contributed by atoms with van der Waals surface area (Å²) in [7, 11) is -0.876. The third-order valence-corrected chi connectivity index (χ3v) is 6.38. The smallest absolute Gasteiger partial charge is 0.191 e. The van der Waals surface area contributed by atoms with Gasteiger partial charge in [-0.15, -0.1) is 24.0 Å². The molecule has 0 bridgehead atoms. The number of rotatable bonds is 8. The highest BCUT2D eigenvalue weighted by molar-refractivity contribution is 14.0. The lowest BCUT2D eigenvalue weighted by Gasteiger charge is -2.20. The van der Waals surface area contributed by atoms with Gasteiger partial charge < -0.3 is 10.6 Å². The molecule has 0 aromatic heterocycles. The SMILES string of the molecule is CCNC(=NCCS(=O)Cc1ccccc1)NC1CC(C)N(C2CC2)C1.I. The van der Waals surface area contributed by atoms with E-state index >= 15 is 0 Å². The van der Waals surface area contributed by atoms with Gasteiger partial charge in [0.2, 0.25) is 0 Å². The molecule has 2 fully saturated rings. The zero-order valence-corrected chi connectivity index (χ0v) is 19.5. The second kappa shape index (κ2) is 11.4. The van der Waals surface area contributed by atoms with Crippen molar-refractivity contribution in [2.24, 2.45) is 4.99 Å². The molecule has 1 aliphatic heterocycles. The van der Waals surface area contributed by atoms with E-state index in [-0.39, 0.29) is 24.0 Å². The molecule has 3 rings (SSSR count). The van der Waals surface area contributed by atoms with Crippen LogP contribution in [0.25, 0.3) is 0 Å². The van der Waals surface area contributed by atoms with E-state index in [1.807, 2.05) is 30.3 Å². The molecule has 1 aromatic rings. The van der Waals surface area contributed by atoms with Gasteiger partial charge in [0.1, 0.15) is 0 Å². The third-order valence-electron chi connectivity index (χ3n) is 5.08. The molecule has 3 atom stereocenters. The Hall–Kier alpha value is -0.670. The molecule has 1 heterocycles. The van der Waals surface area contributed by atoms with Crippen LogP contribution >= 0.6 is 24.0 Å². The first-order valence-electron chi connectivity index (χ1n) is 9.85. The van der Waals surface area contributed by atoms with Gasteiger partial charge in [-0.1, -0.05) is 30.3 Å². The van der Waals surface area contributed by atoms with E-state index < -0.39 is 10.8 Å². The van der Waals surface area contributed by atoms with Crippen LogP contribution in [0.15, 0.2) is 35.3 Å². The van der Waals surface area contributed by atoms with E-state index in [0.717, 1.165) is 30.7 Å². The van der Waals surface area contributed by atoms with E-state index in [9.17, 15) is 4.21 Å². The lowest BCUT2D eigenvalue weighted by atomic mass is 10.2. The number of halogens is 1. The van der Waals surface area contributed by atoms with E-state index in [1.165, 1.54) is 19.3 Å². The molecule has 1 saturated carbocycles. The average molecular weight is 504 g/mol. The van der Waals surface area contributed by atoms with Crippen LogP contribution < -0.4 is 10.6 Å². The van der Waals surface area contributed by atoms with Crippen molar-refractivity contribution >= 4 is 40.7 Å². The fourth-order valence-electron chi connectivity index (χ4n) is 3.68. The second-order valence-corrected chi connectivity index (χ2v) is 8.97. The van der Waals surface area contributed by atoms with Gasteiger partial charge in [-0.2, -0.15) is 0 Å². The minimum Gasteiger partial charge on any atom is -0.357 e. The summed E-state index contributed by atoms with van der Waals surface area (Å²) >= 11 is 0. The molecule has 152 valence electrons. The molecule has 3 unspecified atom stereocenters. The van der Waals surface area contributed by atoms with Gasteiger partial charge in [-0.05, 0) is 38.7 Å². The lowest BCUT2D eigenvalue weighted by Crippen LogP contribution is -2.45. The van der Waals surface area contributed by atoms with E-state index in [2.05, 4.69) is 34.4 Å². The first-order chi connectivity index (χ1) is 12.7. The van der Waals surface area contributed by atoms with Gasteiger partial charge in [0.25, 0.3) is 0 Å². The van der Waals surface area contributed by atoms with Gasteiger partial charge in [-0.3, -0.25) is 14.1 Å².